The average molecular weight is 307 g/mol. The number of anilines is 2. The molecule has 2 aromatic heterocycles. The van der Waals surface area contributed by atoms with Gasteiger partial charge in [-0.1, -0.05) is 0 Å². The third kappa shape index (κ3) is 1.91. The van der Waals surface area contributed by atoms with Gasteiger partial charge in [-0.05, 0) is 36.4 Å². The fourth-order valence-corrected chi connectivity index (χ4v) is 3.39. The molecule has 2 fully saturated rings. The molecule has 2 saturated heterocycles. The van der Waals surface area contributed by atoms with E-state index in [1.807, 2.05) is 41.0 Å². The summed E-state index contributed by atoms with van der Waals surface area (Å²) in [6.07, 6.45) is 1.96. The van der Waals surface area contributed by atoms with Crippen LogP contribution in [0.2, 0.25) is 0 Å². The van der Waals surface area contributed by atoms with E-state index in [1.54, 1.807) is 0 Å². The van der Waals surface area contributed by atoms with Crippen LogP contribution in [0.15, 0.2) is 42.6 Å². The van der Waals surface area contributed by atoms with Crippen LogP contribution in [0.4, 0.5) is 11.5 Å². The van der Waals surface area contributed by atoms with Gasteiger partial charge in [0.15, 0.2) is 11.6 Å². The van der Waals surface area contributed by atoms with Crippen LogP contribution < -0.4 is 10.6 Å². The highest BCUT2D eigenvalue weighted by Crippen LogP contribution is 2.41. The highest BCUT2D eigenvalue weighted by Gasteiger charge is 2.49. The largest absolute Gasteiger partial charge is 0.399 e. The van der Waals surface area contributed by atoms with E-state index in [9.17, 15) is 0 Å². The van der Waals surface area contributed by atoms with E-state index in [0.717, 1.165) is 54.7 Å². The highest BCUT2D eigenvalue weighted by atomic mass is 16.5. The number of hydrogen-bond donors (Lipinski definition) is 1. The van der Waals surface area contributed by atoms with Crippen molar-refractivity contribution in [2.75, 3.05) is 36.9 Å². The molecule has 0 aliphatic carbocycles. The van der Waals surface area contributed by atoms with Gasteiger partial charge < -0.3 is 15.4 Å². The molecule has 1 spiro atoms. The number of benzene rings is 1. The summed E-state index contributed by atoms with van der Waals surface area (Å²) in [4.78, 5) is 7.15. The van der Waals surface area contributed by atoms with Gasteiger partial charge in [-0.25, -0.2) is 9.50 Å². The Kier molecular flexibility index (Phi) is 2.50. The van der Waals surface area contributed by atoms with Gasteiger partial charge in [-0.2, -0.15) is 0 Å². The molecule has 5 rings (SSSR count). The highest BCUT2D eigenvalue weighted by molar-refractivity contribution is 5.73. The molecule has 6 nitrogen and oxygen atoms in total. The number of fused-ring (bicyclic) bond motifs is 1. The van der Waals surface area contributed by atoms with E-state index in [-0.39, 0.29) is 0 Å². The third-order valence-corrected chi connectivity index (χ3v) is 4.71. The summed E-state index contributed by atoms with van der Waals surface area (Å²) in [5.74, 6) is 1.71. The molecule has 0 unspecified atom stereocenters. The van der Waals surface area contributed by atoms with E-state index < -0.39 is 0 Å². The lowest BCUT2D eigenvalue weighted by molar-refractivity contribution is -0.127. The minimum atomic E-state index is 0.357. The van der Waals surface area contributed by atoms with E-state index in [2.05, 4.69) is 16.1 Å². The van der Waals surface area contributed by atoms with Crippen molar-refractivity contribution in [1.29, 1.82) is 0 Å². The molecular weight excluding hydrogens is 290 g/mol. The van der Waals surface area contributed by atoms with Crippen molar-refractivity contribution in [2.45, 2.75) is 0 Å². The molecule has 0 amide bonds. The molecule has 0 saturated carbocycles. The van der Waals surface area contributed by atoms with Crippen molar-refractivity contribution in [1.82, 2.24) is 14.6 Å². The summed E-state index contributed by atoms with van der Waals surface area (Å²) in [6.45, 7) is 3.76. The average Bonchev–Trinajstić information content (AvgIpc) is 2.93. The van der Waals surface area contributed by atoms with Crippen molar-refractivity contribution >= 4 is 17.0 Å². The maximum atomic E-state index is 5.77. The smallest absolute Gasteiger partial charge is 0.182 e. The van der Waals surface area contributed by atoms with Crippen molar-refractivity contribution in [3.8, 4) is 11.4 Å². The minimum Gasteiger partial charge on any atom is -0.399 e. The maximum Gasteiger partial charge on any atom is 0.182 e. The first kappa shape index (κ1) is 12.9. The predicted molar refractivity (Wildman–Crippen MR) is 88.3 cm³/mol. The Morgan fingerprint density at radius 2 is 1.87 bits per heavy atom. The Hall–Kier alpha value is -2.60. The van der Waals surface area contributed by atoms with E-state index in [0.29, 0.717) is 5.41 Å². The van der Waals surface area contributed by atoms with Crippen LogP contribution in [0.3, 0.4) is 0 Å². The zero-order valence-electron chi connectivity index (χ0n) is 12.6. The fourth-order valence-electron chi connectivity index (χ4n) is 3.39. The first-order valence-corrected chi connectivity index (χ1v) is 7.77. The van der Waals surface area contributed by atoms with Gasteiger partial charge in [0.2, 0.25) is 0 Å². The van der Waals surface area contributed by atoms with Crippen molar-refractivity contribution in [3.05, 3.63) is 42.6 Å². The predicted octanol–water partition coefficient (Wildman–Crippen LogP) is 1.82. The molecule has 6 heteroatoms. The van der Waals surface area contributed by atoms with Crippen LogP contribution in [0.5, 0.6) is 0 Å². The van der Waals surface area contributed by atoms with Gasteiger partial charge in [-0.3, -0.25) is 0 Å². The molecule has 0 atom stereocenters. The Morgan fingerprint density at radius 3 is 2.57 bits per heavy atom. The van der Waals surface area contributed by atoms with Gasteiger partial charge in [0, 0.05) is 30.5 Å². The zero-order chi connectivity index (χ0) is 15.4. The lowest BCUT2D eigenvalue weighted by atomic mass is 9.78. The standard InChI is InChI=1S/C17H17N5O/c18-13-5-3-12(4-6-13)15-19-16(14-2-1-7-22(14)20-15)21-8-17(9-21)10-23-11-17/h1-7H,8-11,18H2. The van der Waals surface area contributed by atoms with E-state index in [1.165, 1.54) is 0 Å². The molecule has 2 N–H and O–H groups in total. The maximum absolute atomic E-state index is 5.77. The lowest BCUT2D eigenvalue weighted by Gasteiger charge is -2.55. The Morgan fingerprint density at radius 1 is 1.09 bits per heavy atom. The fraction of sp³-hybridized carbons (Fsp3) is 0.294. The molecular formula is C17H17N5O. The van der Waals surface area contributed by atoms with Gasteiger partial charge >= 0.3 is 0 Å². The lowest BCUT2D eigenvalue weighted by Crippen LogP contribution is -2.66. The van der Waals surface area contributed by atoms with Crippen LogP contribution in [0.25, 0.3) is 16.9 Å². The molecule has 23 heavy (non-hydrogen) atoms. The van der Waals surface area contributed by atoms with Gasteiger partial charge in [0.25, 0.3) is 0 Å². The second-order valence-electron chi connectivity index (χ2n) is 6.57. The topological polar surface area (TPSA) is 68.7 Å². The normalized spacial score (nSPS) is 18.9. The first-order chi connectivity index (χ1) is 11.2. The quantitative estimate of drug-likeness (QED) is 0.731. The van der Waals surface area contributed by atoms with Gasteiger partial charge in [0.05, 0.1) is 18.6 Å². The number of aromatic nitrogens is 3. The summed E-state index contributed by atoms with van der Waals surface area (Å²) >= 11 is 0. The molecule has 0 bridgehead atoms. The summed E-state index contributed by atoms with van der Waals surface area (Å²) in [5.41, 5.74) is 8.88. The Labute approximate surface area is 133 Å². The van der Waals surface area contributed by atoms with Crippen LogP contribution in [-0.2, 0) is 4.74 Å². The second kappa shape index (κ2) is 4.45. The number of nitrogens with two attached hydrogens (primary N) is 1. The van der Waals surface area contributed by atoms with Crippen LogP contribution in [0.1, 0.15) is 0 Å². The molecule has 116 valence electrons. The monoisotopic (exact) mass is 307 g/mol. The second-order valence-corrected chi connectivity index (χ2v) is 6.57. The summed E-state index contributed by atoms with van der Waals surface area (Å²) in [5, 5.41) is 4.62. The van der Waals surface area contributed by atoms with Crippen molar-refractivity contribution < 1.29 is 4.74 Å². The number of nitrogens with zero attached hydrogens (tertiary/aromatic N) is 4. The molecule has 1 aromatic carbocycles. The minimum absolute atomic E-state index is 0.357. The molecule has 2 aliphatic rings. The Bertz CT molecular complexity index is 874. The number of rotatable bonds is 2. The number of hydrogen-bond acceptors (Lipinski definition) is 5. The summed E-state index contributed by atoms with van der Waals surface area (Å²) < 4.78 is 7.26. The zero-order valence-corrected chi connectivity index (χ0v) is 12.6. The molecule has 0 radical (unpaired) electrons. The third-order valence-electron chi connectivity index (χ3n) is 4.71. The number of nitrogen functional groups attached to an aromatic ring is 1. The van der Waals surface area contributed by atoms with Crippen molar-refractivity contribution in [3.63, 3.8) is 0 Å². The molecule has 2 aliphatic heterocycles. The summed E-state index contributed by atoms with van der Waals surface area (Å²) in [7, 11) is 0. The van der Waals surface area contributed by atoms with Gasteiger partial charge in [-0.15, -0.1) is 5.10 Å². The van der Waals surface area contributed by atoms with Crippen LogP contribution >= 0.6 is 0 Å². The van der Waals surface area contributed by atoms with Crippen molar-refractivity contribution in [2.24, 2.45) is 5.41 Å². The molecule has 3 aromatic rings. The molecule has 4 heterocycles. The first-order valence-electron chi connectivity index (χ1n) is 7.77. The SMILES string of the molecule is Nc1ccc(-c2nc(N3CC4(COC4)C3)c3cccn3n2)cc1. The van der Waals surface area contributed by atoms with Crippen LogP contribution in [0, 0.1) is 5.41 Å². The van der Waals surface area contributed by atoms with E-state index in [4.69, 9.17) is 15.5 Å². The van der Waals surface area contributed by atoms with Gasteiger partial charge in [0.1, 0.15) is 5.52 Å². The van der Waals surface area contributed by atoms with E-state index >= 15 is 0 Å². The summed E-state index contributed by atoms with van der Waals surface area (Å²) in [6, 6.07) is 11.7. The number of ether oxygens (including phenoxy) is 1. The Balaban J connectivity index is 1.58. The van der Waals surface area contributed by atoms with Crippen LogP contribution in [-0.4, -0.2) is 40.9 Å².